The third-order valence-electron chi connectivity index (χ3n) is 3.34. The van der Waals surface area contributed by atoms with Crippen LogP contribution in [0.5, 0.6) is 5.75 Å². The van der Waals surface area contributed by atoms with Gasteiger partial charge in [-0.3, -0.25) is 0 Å². The molecular weight excluding hydrogens is 364 g/mol. The molecule has 3 rings (SSSR count). The third-order valence-corrected chi connectivity index (χ3v) is 4.02. The fourth-order valence-corrected chi connectivity index (χ4v) is 2.86. The van der Waals surface area contributed by atoms with Crippen LogP contribution < -0.4 is 20.6 Å². The number of hydrogen-bond donors (Lipinski definition) is 1. The normalized spacial score (nSPS) is 14.0. The molecule has 1 heterocycles. The summed E-state index contributed by atoms with van der Waals surface area (Å²) in [4.78, 5) is 4.43. The summed E-state index contributed by atoms with van der Waals surface area (Å²) in [6.45, 7) is 0. The highest BCUT2D eigenvalue weighted by molar-refractivity contribution is 6.45. The van der Waals surface area contributed by atoms with E-state index in [1.165, 1.54) is 24.3 Å². The van der Waals surface area contributed by atoms with Gasteiger partial charge in [0.25, 0.3) is 0 Å². The van der Waals surface area contributed by atoms with E-state index in [4.69, 9.17) is 23.2 Å². The average molecular weight is 375 g/mol. The van der Waals surface area contributed by atoms with Crippen molar-refractivity contribution in [3.05, 3.63) is 45.9 Å². The highest BCUT2D eigenvalue weighted by Gasteiger charge is 2.30. The van der Waals surface area contributed by atoms with Crippen molar-refractivity contribution >= 4 is 45.8 Å². The lowest BCUT2D eigenvalue weighted by molar-refractivity contribution is -0.274. The Labute approximate surface area is 145 Å². The molecule has 0 saturated heterocycles. The van der Waals surface area contributed by atoms with Crippen molar-refractivity contribution in [3.63, 3.8) is 0 Å². The molecule has 0 amide bonds. The Balaban J connectivity index is 1.86. The first-order valence-electron chi connectivity index (χ1n) is 7.00. The summed E-state index contributed by atoms with van der Waals surface area (Å²) >= 11 is 12.4. The van der Waals surface area contributed by atoms with Crippen LogP contribution in [0.4, 0.5) is 24.7 Å². The zero-order valence-electron chi connectivity index (χ0n) is 12.1. The van der Waals surface area contributed by atoms with Gasteiger partial charge in [-0.25, -0.2) is 4.98 Å². The van der Waals surface area contributed by atoms with Crippen LogP contribution in [-0.2, 0) is 0 Å². The van der Waals surface area contributed by atoms with Gasteiger partial charge >= 0.3 is 6.36 Å². The number of nitrogens with one attached hydrogen (secondary N) is 1. The maximum absolute atomic E-state index is 12.1. The molecule has 0 bridgehead atoms. The SMILES string of the molecule is FC(F)(F)Oc1ccc(Nc2cc(Cl)c3c(n2)=C(Cl)CCC=3)cc1. The van der Waals surface area contributed by atoms with E-state index in [1.54, 1.807) is 6.07 Å². The van der Waals surface area contributed by atoms with Crippen molar-refractivity contribution < 1.29 is 17.9 Å². The topological polar surface area (TPSA) is 34.1 Å². The van der Waals surface area contributed by atoms with Gasteiger partial charge in [-0.2, -0.15) is 0 Å². The number of alkyl halides is 3. The number of pyridine rings is 1. The van der Waals surface area contributed by atoms with Crippen LogP contribution in [0.15, 0.2) is 30.3 Å². The predicted octanol–water partition coefficient (Wildman–Crippen LogP) is 4.30. The van der Waals surface area contributed by atoms with E-state index < -0.39 is 6.36 Å². The van der Waals surface area contributed by atoms with Gasteiger partial charge in [-0.05, 0) is 37.1 Å². The lowest BCUT2D eigenvalue weighted by Crippen LogP contribution is -2.33. The van der Waals surface area contributed by atoms with Crippen LogP contribution in [0.3, 0.4) is 0 Å². The van der Waals surface area contributed by atoms with E-state index in [0.29, 0.717) is 33.3 Å². The molecule has 2 aromatic rings. The summed E-state index contributed by atoms with van der Waals surface area (Å²) in [7, 11) is 0. The molecular formula is C16H11Cl2F3N2O. The number of fused-ring (bicyclic) bond motifs is 1. The maximum Gasteiger partial charge on any atom is 0.573 e. The number of halogens is 5. The van der Waals surface area contributed by atoms with Gasteiger partial charge in [0.1, 0.15) is 11.6 Å². The van der Waals surface area contributed by atoms with E-state index in [9.17, 15) is 13.2 Å². The summed E-state index contributed by atoms with van der Waals surface area (Å²) in [5.74, 6) is 0.159. The molecule has 1 aromatic heterocycles. The molecule has 24 heavy (non-hydrogen) atoms. The minimum atomic E-state index is -4.72. The second kappa shape index (κ2) is 6.53. The van der Waals surface area contributed by atoms with E-state index in [0.717, 1.165) is 11.6 Å². The Morgan fingerprint density at radius 2 is 1.83 bits per heavy atom. The monoisotopic (exact) mass is 374 g/mol. The zero-order valence-corrected chi connectivity index (χ0v) is 13.6. The van der Waals surface area contributed by atoms with E-state index in [1.807, 2.05) is 6.08 Å². The predicted molar refractivity (Wildman–Crippen MR) is 87.9 cm³/mol. The first-order chi connectivity index (χ1) is 11.3. The first-order valence-corrected chi connectivity index (χ1v) is 7.76. The van der Waals surface area contributed by atoms with E-state index >= 15 is 0 Å². The summed E-state index contributed by atoms with van der Waals surface area (Å²) in [6, 6.07) is 6.97. The van der Waals surface area contributed by atoms with Gasteiger partial charge in [0.15, 0.2) is 0 Å². The van der Waals surface area contributed by atoms with Crippen molar-refractivity contribution in [1.82, 2.24) is 4.98 Å². The van der Waals surface area contributed by atoms with Crippen LogP contribution in [0, 0.1) is 0 Å². The minimum absolute atomic E-state index is 0.296. The molecule has 0 spiro atoms. The number of nitrogens with zero attached hydrogens (tertiary/aromatic N) is 1. The van der Waals surface area contributed by atoms with Crippen molar-refractivity contribution in [2.24, 2.45) is 0 Å². The number of aromatic nitrogens is 1. The fraction of sp³-hybridized carbons (Fsp3) is 0.188. The number of ether oxygens (including phenoxy) is 1. The van der Waals surface area contributed by atoms with Crippen LogP contribution in [-0.4, -0.2) is 11.3 Å². The lowest BCUT2D eigenvalue weighted by atomic mass is 10.1. The Hall–Kier alpha value is -1.92. The molecule has 1 aliphatic rings. The molecule has 1 aliphatic carbocycles. The van der Waals surface area contributed by atoms with Crippen LogP contribution >= 0.6 is 23.2 Å². The quantitative estimate of drug-likeness (QED) is 0.869. The molecule has 0 saturated carbocycles. The highest BCUT2D eigenvalue weighted by Crippen LogP contribution is 2.25. The largest absolute Gasteiger partial charge is 0.573 e. The Kier molecular flexibility index (Phi) is 4.60. The van der Waals surface area contributed by atoms with Gasteiger partial charge < -0.3 is 10.1 Å². The van der Waals surface area contributed by atoms with Crippen molar-refractivity contribution in [3.8, 4) is 5.75 Å². The van der Waals surface area contributed by atoms with Crippen LogP contribution in [0.1, 0.15) is 12.8 Å². The van der Waals surface area contributed by atoms with Gasteiger partial charge in [0.05, 0.1) is 10.4 Å². The molecule has 8 heteroatoms. The molecule has 0 atom stereocenters. The van der Waals surface area contributed by atoms with E-state index in [2.05, 4.69) is 15.0 Å². The number of anilines is 2. The summed E-state index contributed by atoms with van der Waals surface area (Å²) in [6.07, 6.45) is -1.24. The molecule has 0 radical (unpaired) electrons. The Morgan fingerprint density at radius 3 is 2.50 bits per heavy atom. The van der Waals surface area contributed by atoms with Gasteiger partial charge in [0.2, 0.25) is 0 Å². The number of hydrogen-bond acceptors (Lipinski definition) is 3. The zero-order chi connectivity index (χ0) is 17.3. The van der Waals surface area contributed by atoms with Gasteiger partial charge in [-0.1, -0.05) is 29.3 Å². The summed E-state index contributed by atoms with van der Waals surface area (Å²) < 4.78 is 40.3. The van der Waals surface area contributed by atoms with Crippen LogP contribution in [0.25, 0.3) is 11.1 Å². The molecule has 1 aromatic carbocycles. The highest BCUT2D eigenvalue weighted by atomic mass is 35.5. The molecule has 126 valence electrons. The van der Waals surface area contributed by atoms with Gasteiger partial charge in [-0.15, -0.1) is 13.2 Å². The second-order valence-corrected chi connectivity index (χ2v) is 5.96. The van der Waals surface area contributed by atoms with Crippen LogP contribution in [0.2, 0.25) is 5.02 Å². The molecule has 0 unspecified atom stereocenters. The second-order valence-electron chi connectivity index (χ2n) is 5.10. The Bertz CT molecular complexity index is 880. The average Bonchev–Trinajstić information content (AvgIpc) is 2.49. The summed E-state index contributed by atoms with van der Waals surface area (Å²) in [5.41, 5.74) is 0.545. The fourth-order valence-electron chi connectivity index (χ4n) is 2.34. The minimum Gasteiger partial charge on any atom is -0.406 e. The summed E-state index contributed by atoms with van der Waals surface area (Å²) in [5, 5.41) is 5.55. The molecule has 0 fully saturated rings. The Morgan fingerprint density at radius 1 is 1.12 bits per heavy atom. The van der Waals surface area contributed by atoms with Crippen molar-refractivity contribution in [2.75, 3.05) is 5.32 Å². The standard InChI is InChI=1S/C16H11Cl2F3N2O/c17-12-3-1-2-11-13(18)8-14(23-15(11)12)22-9-4-6-10(7-5-9)24-16(19,20)21/h2,4-8H,1,3H2,(H,22,23). The molecule has 3 nitrogen and oxygen atoms in total. The molecule has 0 aliphatic heterocycles. The smallest absolute Gasteiger partial charge is 0.406 e. The van der Waals surface area contributed by atoms with Gasteiger partial charge in [0, 0.05) is 22.0 Å². The molecule has 1 N–H and O–H groups in total. The lowest BCUT2D eigenvalue weighted by Gasteiger charge is -2.11. The van der Waals surface area contributed by atoms with Crippen molar-refractivity contribution in [2.45, 2.75) is 19.2 Å². The first kappa shape index (κ1) is 16.9. The number of benzene rings is 1. The number of rotatable bonds is 3. The van der Waals surface area contributed by atoms with E-state index in [-0.39, 0.29) is 5.75 Å². The van der Waals surface area contributed by atoms with Crippen molar-refractivity contribution in [1.29, 1.82) is 0 Å². The maximum atomic E-state index is 12.1. The third kappa shape index (κ3) is 3.94.